The molecule has 1 aliphatic rings. The summed E-state index contributed by atoms with van der Waals surface area (Å²) in [6.45, 7) is 4.61. The number of nitrogens with one attached hydrogen (secondary N) is 1. The SMILES string of the molecule is CCC1COC(Cc2c[nH]c(C)n2)(c2ccc(Oc3cccc(Cl)c3)cc2)O1.Cl. The zero-order valence-corrected chi connectivity index (χ0v) is 17.9. The van der Waals surface area contributed by atoms with Crippen molar-refractivity contribution in [2.75, 3.05) is 6.61 Å². The standard InChI is InChI=1S/C22H23ClN2O3.ClH/c1-3-19-14-26-22(28-19,12-18-13-24-15(2)25-18)16-7-9-20(10-8-16)27-21-6-4-5-17(23)11-21;/h4-11,13,19H,3,12,14H2,1-2H3,(H,24,25);1H. The minimum Gasteiger partial charge on any atom is -0.457 e. The quantitative estimate of drug-likeness (QED) is 0.531. The van der Waals surface area contributed by atoms with Crippen molar-refractivity contribution < 1.29 is 14.2 Å². The van der Waals surface area contributed by atoms with Gasteiger partial charge in [0.05, 0.1) is 24.8 Å². The third-order valence-electron chi connectivity index (χ3n) is 4.81. The van der Waals surface area contributed by atoms with Gasteiger partial charge in [0.2, 0.25) is 5.79 Å². The Labute approximate surface area is 181 Å². The number of H-pyrrole nitrogens is 1. The Morgan fingerprint density at radius 3 is 2.62 bits per heavy atom. The van der Waals surface area contributed by atoms with E-state index in [2.05, 4.69) is 16.9 Å². The molecule has 2 atom stereocenters. The van der Waals surface area contributed by atoms with Crippen LogP contribution in [-0.2, 0) is 21.7 Å². The minimum absolute atomic E-state index is 0. The molecule has 29 heavy (non-hydrogen) atoms. The fourth-order valence-corrected chi connectivity index (χ4v) is 3.53. The van der Waals surface area contributed by atoms with E-state index in [1.807, 2.05) is 55.6 Å². The monoisotopic (exact) mass is 434 g/mol. The van der Waals surface area contributed by atoms with Crippen molar-refractivity contribution in [3.8, 4) is 11.5 Å². The topological polar surface area (TPSA) is 56.4 Å². The Bertz CT molecular complexity index is 945. The second-order valence-corrected chi connectivity index (χ2v) is 7.39. The van der Waals surface area contributed by atoms with Crippen molar-refractivity contribution >= 4 is 24.0 Å². The Hall–Kier alpha value is -2.05. The molecular formula is C22H24Cl2N2O3. The number of hydrogen-bond donors (Lipinski definition) is 1. The number of aromatic nitrogens is 2. The highest BCUT2D eigenvalue weighted by Crippen LogP contribution is 2.39. The molecule has 154 valence electrons. The number of nitrogens with zero attached hydrogens (tertiary/aromatic N) is 1. The smallest absolute Gasteiger partial charge is 0.201 e. The first-order chi connectivity index (χ1) is 13.6. The molecule has 1 aliphatic heterocycles. The number of aromatic amines is 1. The van der Waals surface area contributed by atoms with E-state index < -0.39 is 5.79 Å². The summed E-state index contributed by atoms with van der Waals surface area (Å²) in [5.41, 5.74) is 1.86. The molecule has 0 bridgehead atoms. The van der Waals surface area contributed by atoms with Crippen LogP contribution in [-0.4, -0.2) is 22.7 Å². The molecule has 4 rings (SSSR count). The van der Waals surface area contributed by atoms with Crippen LogP contribution in [0.4, 0.5) is 0 Å². The number of imidazole rings is 1. The molecule has 1 N–H and O–H groups in total. The van der Waals surface area contributed by atoms with Gasteiger partial charge in [-0.05, 0) is 55.8 Å². The summed E-state index contributed by atoms with van der Waals surface area (Å²) >= 11 is 6.03. The normalized spacial score (nSPS) is 21.0. The van der Waals surface area contributed by atoms with E-state index in [1.54, 1.807) is 6.07 Å². The highest BCUT2D eigenvalue weighted by atomic mass is 35.5. The first kappa shape index (κ1) is 21.7. The van der Waals surface area contributed by atoms with Gasteiger partial charge in [0, 0.05) is 16.8 Å². The lowest BCUT2D eigenvalue weighted by Crippen LogP contribution is -2.31. The molecule has 1 aromatic heterocycles. The van der Waals surface area contributed by atoms with Crippen LogP contribution in [0.3, 0.4) is 0 Å². The van der Waals surface area contributed by atoms with E-state index in [-0.39, 0.29) is 18.5 Å². The van der Waals surface area contributed by atoms with Crippen LogP contribution < -0.4 is 4.74 Å². The number of hydrogen-bond acceptors (Lipinski definition) is 4. The van der Waals surface area contributed by atoms with Crippen LogP contribution in [0.2, 0.25) is 5.02 Å². The molecule has 0 spiro atoms. The molecule has 0 radical (unpaired) electrons. The van der Waals surface area contributed by atoms with Gasteiger partial charge in [0.15, 0.2) is 0 Å². The van der Waals surface area contributed by atoms with E-state index in [9.17, 15) is 0 Å². The average Bonchev–Trinajstić information content (AvgIpc) is 3.29. The Balaban J connectivity index is 0.00000240. The number of ether oxygens (including phenoxy) is 3. The van der Waals surface area contributed by atoms with Crippen molar-refractivity contribution in [3.05, 3.63) is 76.8 Å². The van der Waals surface area contributed by atoms with Crippen LogP contribution in [0.15, 0.2) is 54.7 Å². The Kier molecular flexibility index (Phi) is 6.85. The zero-order chi connectivity index (χ0) is 19.6. The molecule has 7 heteroatoms. The lowest BCUT2D eigenvalue weighted by atomic mass is 10.0. The maximum absolute atomic E-state index is 6.34. The third-order valence-corrected chi connectivity index (χ3v) is 5.05. The molecular weight excluding hydrogens is 411 g/mol. The number of aryl methyl sites for hydroxylation is 1. The van der Waals surface area contributed by atoms with Crippen molar-refractivity contribution in [1.29, 1.82) is 0 Å². The van der Waals surface area contributed by atoms with Crippen LogP contribution in [0, 0.1) is 6.92 Å². The lowest BCUT2D eigenvalue weighted by molar-refractivity contribution is -0.176. The van der Waals surface area contributed by atoms with E-state index in [4.69, 9.17) is 25.8 Å². The third kappa shape index (κ3) is 4.93. The van der Waals surface area contributed by atoms with Crippen LogP contribution in [0.5, 0.6) is 11.5 Å². The second kappa shape index (κ2) is 9.18. The van der Waals surface area contributed by atoms with E-state index in [0.29, 0.717) is 23.8 Å². The zero-order valence-electron chi connectivity index (χ0n) is 16.4. The summed E-state index contributed by atoms with van der Waals surface area (Å²) in [6.07, 6.45) is 3.42. The largest absolute Gasteiger partial charge is 0.457 e. The van der Waals surface area contributed by atoms with Gasteiger partial charge in [-0.2, -0.15) is 0 Å². The highest BCUT2D eigenvalue weighted by molar-refractivity contribution is 6.30. The summed E-state index contributed by atoms with van der Waals surface area (Å²) in [4.78, 5) is 7.65. The molecule has 0 amide bonds. The molecule has 2 aromatic carbocycles. The summed E-state index contributed by atoms with van der Waals surface area (Å²) in [7, 11) is 0. The minimum atomic E-state index is -0.836. The Morgan fingerprint density at radius 1 is 1.21 bits per heavy atom. The summed E-state index contributed by atoms with van der Waals surface area (Å²) in [5.74, 6) is 1.46. The van der Waals surface area contributed by atoms with Crippen molar-refractivity contribution in [2.24, 2.45) is 0 Å². The molecule has 5 nitrogen and oxygen atoms in total. The summed E-state index contributed by atoms with van der Waals surface area (Å²) < 4.78 is 18.4. The van der Waals surface area contributed by atoms with Crippen molar-refractivity contribution in [3.63, 3.8) is 0 Å². The molecule has 0 saturated carbocycles. The first-order valence-corrected chi connectivity index (χ1v) is 9.81. The van der Waals surface area contributed by atoms with E-state index >= 15 is 0 Å². The van der Waals surface area contributed by atoms with Gasteiger partial charge in [0.1, 0.15) is 17.3 Å². The van der Waals surface area contributed by atoms with Crippen molar-refractivity contribution in [2.45, 2.75) is 38.6 Å². The van der Waals surface area contributed by atoms with Gasteiger partial charge in [-0.15, -0.1) is 12.4 Å². The predicted molar refractivity (Wildman–Crippen MR) is 115 cm³/mol. The van der Waals surface area contributed by atoms with Gasteiger partial charge < -0.3 is 19.2 Å². The van der Waals surface area contributed by atoms with Gasteiger partial charge in [-0.25, -0.2) is 4.98 Å². The highest BCUT2D eigenvalue weighted by Gasteiger charge is 2.43. The lowest BCUT2D eigenvalue weighted by Gasteiger charge is -2.28. The number of benzene rings is 2. The number of rotatable bonds is 6. The second-order valence-electron chi connectivity index (χ2n) is 6.95. The summed E-state index contributed by atoms with van der Waals surface area (Å²) in [6, 6.07) is 15.1. The van der Waals surface area contributed by atoms with E-state index in [0.717, 1.165) is 29.3 Å². The fourth-order valence-electron chi connectivity index (χ4n) is 3.35. The maximum Gasteiger partial charge on any atom is 0.201 e. The van der Waals surface area contributed by atoms with Crippen LogP contribution in [0.25, 0.3) is 0 Å². The number of halogens is 2. The average molecular weight is 435 g/mol. The molecule has 0 aliphatic carbocycles. The molecule has 1 saturated heterocycles. The van der Waals surface area contributed by atoms with Gasteiger partial charge >= 0.3 is 0 Å². The maximum atomic E-state index is 6.34. The van der Waals surface area contributed by atoms with Crippen molar-refractivity contribution in [1.82, 2.24) is 9.97 Å². The fraction of sp³-hybridized carbons (Fsp3) is 0.318. The Morgan fingerprint density at radius 2 is 2.00 bits per heavy atom. The predicted octanol–water partition coefficient (Wildman–Crippen LogP) is 5.81. The van der Waals surface area contributed by atoms with Gasteiger partial charge in [-0.3, -0.25) is 0 Å². The molecule has 1 fully saturated rings. The molecule has 2 unspecified atom stereocenters. The molecule has 3 aromatic rings. The molecule has 2 heterocycles. The first-order valence-electron chi connectivity index (χ1n) is 9.43. The van der Waals surface area contributed by atoms with Gasteiger partial charge in [-0.1, -0.05) is 24.6 Å². The van der Waals surface area contributed by atoms with Crippen LogP contribution >= 0.6 is 24.0 Å². The van der Waals surface area contributed by atoms with Gasteiger partial charge in [0.25, 0.3) is 0 Å². The van der Waals surface area contributed by atoms with E-state index in [1.165, 1.54) is 0 Å². The summed E-state index contributed by atoms with van der Waals surface area (Å²) in [5, 5.41) is 0.640. The van der Waals surface area contributed by atoms with Crippen LogP contribution in [0.1, 0.15) is 30.4 Å².